The van der Waals surface area contributed by atoms with Crippen molar-refractivity contribution in [3.8, 4) is 10.7 Å². The second kappa shape index (κ2) is 9.64. The van der Waals surface area contributed by atoms with Gasteiger partial charge in [0.1, 0.15) is 5.82 Å². The molecule has 0 unspecified atom stereocenters. The number of nitrogens with one attached hydrogen (secondary N) is 1. The normalized spacial score (nSPS) is 12.1. The summed E-state index contributed by atoms with van der Waals surface area (Å²) >= 11 is 1.64. The molecule has 1 aromatic carbocycles. The summed E-state index contributed by atoms with van der Waals surface area (Å²) in [6.45, 7) is 7.75. The molecule has 3 rings (SSSR count). The molecule has 1 amide bonds. The molecular weight excluding hydrogens is 368 g/mol. The Balaban J connectivity index is 1.92. The second-order valence-electron chi connectivity index (χ2n) is 6.98. The Kier molecular flexibility index (Phi) is 6.98. The summed E-state index contributed by atoms with van der Waals surface area (Å²) < 4.78 is 0. The first-order valence-electron chi connectivity index (χ1n) is 9.97. The monoisotopic (exact) mass is 396 g/mol. The molecule has 0 spiro atoms. The van der Waals surface area contributed by atoms with Crippen LogP contribution in [0.5, 0.6) is 0 Å². The van der Waals surface area contributed by atoms with Gasteiger partial charge in [0.15, 0.2) is 5.82 Å². The van der Waals surface area contributed by atoms with E-state index < -0.39 is 0 Å². The molecule has 0 aliphatic carbocycles. The summed E-state index contributed by atoms with van der Waals surface area (Å²) in [6, 6.07) is 12.4. The Morgan fingerprint density at radius 3 is 2.68 bits per heavy atom. The number of fused-ring (bicyclic) bond motifs is 1. The number of para-hydroxylation sites is 1. The second-order valence-corrected chi connectivity index (χ2v) is 7.93. The first-order chi connectivity index (χ1) is 13.6. The van der Waals surface area contributed by atoms with Crippen molar-refractivity contribution in [2.75, 3.05) is 18.0 Å². The fourth-order valence-electron chi connectivity index (χ4n) is 3.10. The first kappa shape index (κ1) is 20.3. The Hall–Kier alpha value is -2.47. The molecule has 148 valence electrons. The van der Waals surface area contributed by atoms with E-state index in [1.807, 2.05) is 42.6 Å². The van der Waals surface area contributed by atoms with Crippen LogP contribution in [-0.4, -0.2) is 35.0 Å². The predicted octanol–water partition coefficient (Wildman–Crippen LogP) is 4.88. The SMILES string of the molecule is CCCN(CCC(=O)N[C@H](C)CC)c1nc(-c2cccs2)nc2ccccc12. The van der Waals surface area contributed by atoms with E-state index in [1.165, 1.54) is 0 Å². The summed E-state index contributed by atoms with van der Waals surface area (Å²) in [4.78, 5) is 25.2. The highest BCUT2D eigenvalue weighted by molar-refractivity contribution is 7.13. The van der Waals surface area contributed by atoms with Gasteiger partial charge in [-0.15, -0.1) is 11.3 Å². The number of benzene rings is 1. The van der Waals surface area contributed by atoms with Crippen molar-refractivity contribution in [3.63, 3.8) is 0 Å². The molecule has 0 bridgehead atoms. The molecule has 1 N–H and O–H groups in total. The molecule has 0 saturated carbocycles. The van der Waals surface area contributed by atoms with Gasteiger partial charge in [0.05, 0.1) is 10.4 Å². The molecule has 0 aliphatic heterocycles. The highest BCUT2D eigenvalue weighted by atomic mass is 32.1. The number of anilines is 1. The van der Waals surface area contributed by atoms with E-state index in [-0.39, 0.29) is 11.9 Å². The lowest BCUT2D eigenvalue weighted by Crippen LogP contribution is -2.36. The molecular formula is C22H28N4OS. The maximum atomic E-state index is 12.3. The van der Waals surface area contributed by atoms with Gasteiger partial charge in [-0.05, 0) is 43.3 Å². The van der Waals surface area contributed by atoms with Crippen LogP contribution in [0, 0.1) is 0 Å². The minimum atomic E-state index is 0.0901. The summed E-state index contributed by atoms with van der Waals surface area (Å²) in [6.07, 6.45) is 2.38. The fourth-order valence-corrected chi connectivity index (χ4v) is 3.75. The number of aromatic nitrogens is 2. The van der Waals surface area contributed by atoms with E-state index in [9.17, 15) is 4.79 Å². The number of rotatable bonds is 9. The number of hydrogen-bond acceptors (Lipinski definition) is 5. The Labute approximate surface area is 170 Å². The molecule has 1 atom stereocenters. The molecule has 2 aromatic heterocycles. The Morgan fingerprint density at radius 2 is 1.96 bits per heavy atom. The van der Waals surface area contributed by atoms with Crippen LogP contribution in [0.25, 0.3) is 21.6 Å². The van der Waals surface area contributed by atoms with Gasteiger partial charge in [0.2, 0.25) is 5.91 Å². The largest absolute Gasteiger partial charge is 0.355 e. The summed E-state index contributed by atoms with van der Waals surface area (Å²) in [7, 11) is 0. The van der Waals surface area contributed by atoms with E-state index >= 15 is 0 Å². The lowest BCUT2D eigenvalue weighted by atomic mass is 10.2. The first-order valence-corrected chi connectivity index (χ1v) is 10.8. The van der Waals surface area contributed by atoms with Gasteiger partial charge in [0.25, 0.3) is 0 Å². The van der Waals surface area contributed by atoms with Gasteiger partial charge in [0, 0.05) is 30.9 Å². The third-order valence-corrected chi connectivity index (χ3v) is 5.61. The number of hydrogen-bond donors (Lipinski definition) is 1. The van der Waals surface area contributed by atoms with Crippen LogP contribution in [0.4, 0.5) is 5.82 Å². The van der Waals surface area contributed by atoms with Gasteiger partial charge in [-0.25, -0.2) is 9.97 Å². The standard InChI is InChI=1S/C22H28N4OS/c1-4-13-26(14-12-20(27)23-16(3)5-2)22-17-9-6-7-10-18(17)24-21(25-22)19-11-8-15-28-19/h6-11,15-16H,4-5,12-14H2,1-3H3,(H,23,27)/t16-/m1/s1. The van der Waals surface area contributed by atoms with E-state index in [0.717, 1.165) is 46.8 Å². The average Bonchev–Trinajstić information content (AvgIpc) is 3.25. The molecule has 3 aromatic rings. The zero-order chi connectivity index (χ0) is 19.9. The number of thiophene rings is 1. The molecule has 0 radical (unpaired) electrons. The minimum absolute atomic E-state index is 0.0901. The summed E-state index contributed by atoms with van der Waals surface area (Å²) in [5.74, 6) is 1.74. The minimum Gasteiger partial charge on any atom is -0.355 e. The van der Waals surface area contributed by atoms with Crippen molar-refractivity contribution in [2.24, 2.45) is 0 Å². The maximum Gasteiger partial charge on any atom is 0.221 e. The van der Waals surface area contributed by atoms with Gasteiger partial charge in [-0.3, -0.25) is 4.79 Å². The van der Waals surface area contributed by atoms with Gasteiger partial charge >= 0.3 is 0 Å². The highest BCUT2D eigenvalue weighted by Crippen LogP contribution is 2.29. The van der Waals surface area contributed by atoms with E-state index in [2.05, 4.69) is 30.1 Å². The molecule has 2 heterocycles. The van der Waals surface area contributed by atoms with E-state index in [0.29, 0.717) is 13.0 Å². The van der Waals surface area contributed by atoms with Crippen LogP contribution in [0.1, 0.15) is 40.0 Å². The quantitative estimate of drug-likeness (QED) is 0.560. The smallest absolute Gasteiger partial charge is 0.221 e. The topological polar surface area (TPSA) is 58.1 Å². The maximum absolute atomic E-state index is 12.3. The molecule has 0 saturated heterocycles. The highest BCUT2D eigenvalue weighted by Gasteiger charge is 2.17. The zero-order valence-electron chi connectivity index (χ0n) is 16.8. The van der Waals surface area contributed by atoms with Gasteiger partial charge < -0.3 is 10.2 Å². The lowest BCUT2D eigenvalue weighted by Gasteiger charge is -2.25. The predicted molar refractivity (Wildman–Crippen MR) is 118 cm³/mol. The van der Waals surface area contributed by atoms with Crippen molar-refractivity contribution in [2.45, 2.75) is 46.1 Å². The molecule has 0 aliphatic rings. The molecule has 5 nitrogen and oxygen atoms in total. The van der Waals surface area contributed by atoms with Crippen molar-refractivity contribution in [1.82, 2.24) is 15.3 Å². The molecule has 0 fully saturated rings. The van der Waals surface area contributed by atoms with Gasteiger partial charge in [-0.1, -0.05) is 32.0 Å². The van der Waals surface area contributed by atoms with E-state index in [1.54, 1.807) is 11.3 Å². The van der Waals surface area contributed by atoms with Crippen molar-refractivity contribution < 1.29 is 4.79 Å². The van der Waals surface area contributed by atoms with Crippen LogP contribution in [0.3, 0.4) is 0 Å². The average molecular weight is 397 g/mol. The van der Waals surface area contributed by atoms with Crippen LogP contribution in [0.2, 0.25) is 0 Å². The van der Waals surface area contributed by atoms with Crippen molar-refractivity contribution in [3.05, 3.63) is 41.8 Å². The molecule has 28 heavy (non-hydrogen) atoms. The van der Waals surface area contributed by atoms with Gasteiger partial charge in [-0.2, -0.15) is 0 Å². The van der Waals surface area contributed by atoms with Crippen LogP contribution < -0.4 is 10.2 Å². The van der Waals surface area contributed by atoms with Crippen molar-refractivity contribution in [1.29, 1.82) is 0 Å². The third kappa shape index (κ3) is 4.87. The van der Waals surface area contributed by atoms with Crippen LogP contribution in [0.15, 0.2) is 41.8 Å². The lowest BCUT2D eigenvalue weighted by molar-refractivity contribution is -0.121. The van der Waals surface area contributed by atoms with Crippen molar-refractivity contribution >= 4 is 34.0 Å². The number of nitrogens with zero attached hydrogens (tertiary/aromatic N) is 3. The van der Waals surface area contributed by atoms with Crippen LogP contribution in [-0.2, 0) is 4.79 Å². The number of carbonyl (C=O) groups is 1. The number of carbonyl (C=O) groups excluding carboxylic acids is 1. The van der Waals surface area contributed by atoms with E-state index in [4.69, 9.17) is 9.97 Å². The Bertz CT molecular complexity index is 910. The third-order valence-electron chi connectivity index (χ3n) is 4.75. The fraction of sp³-hybridized carbons (Fsp3) is 0.409. The Morgan fingerprint density at radius 1 is 1.14 bits per heavy atom. The zero-order valence-corrected chi connectivity index (χ0v) is 17.6. The van der Waals surface area contributed by atoms with Crippen LogP contribution >= 0.6 is 11.3 Å². The number of amides is 1. The summed E-state index contributed by atoms with van der Waals surface area (Å²) in [5.41, 5.74) is 0.932. The summed E-state index contributed by atoms with van der Waals surface area (Å²) in [5, 5.41) is 6.12. The molecule has 6 heteroatoms.